The molecule has 0 spiro atoms. The van der Waals surface area contributed by atoms with Crippen LogP contribution in [0.5, 0.6) is 0 Å². The van der Waals surface area contributed by atoms with Crippen LogP contribution in [0.1, 0.15) is 24.0 Å². The van der Waals surface area contributed by atoms with Crippen molar-refractivity contribution in [3.63, 3.8) is 0 Å². The van der Waals surface area contributed by atoms with Crippen LogP contribution in [0.2, 0.25) is 0 Å². The Morgan fingerprint density at radius 2 is 1.76 bits per heavy atom. The first-order chi connectivity index (χ1) is 10.0. The van der Waals surface area contributed by atoms with Crippen molar-refractivity contribution in [2.75, 3.05) is 10.6 Å². The lowest BCUT2D eigenvalue weighted by molar-refractivity contribution is -0.116. The van der Waals surface area contributed by atoms with Crippen molar-refractivity contribution < 1.29 is 9.59 Å². The van der Waals surface area contributed by atoms with Crippen LogP contribution in [0.3, 0.4) is 0 Å². The molecule has 6 heteroatoms. The SMILES string of the molecule is CC(=O)Nc1ccc(NC(=O)CCc2csc(C)n2)cc1. The lowest BCUT2D eigenvalue weighted by Crippen LogP contribution is -2.12. The zero-order chi connectivity index (χ0) is 15.2. The second kappa shape index (κ2) is 6.99. The third-order valence-electron chi connectivity index (χ3n) is 2.76. The Kier molecular flexibility index (Phi) is 5.05. The fourth-order valence-corrected chi connectivity index (χ4v) is 2.48. The summed E-state index contributed by atoms with van der Waals surface area (Å²) >= 11 is 1.59. The number of anilines is 2. The molecule has 0 fully saturated rings. The van der Waals surface area contributed by atoms with E-state index in [2.05, 4.69) is 15.6 Å². The number of aromatic nitrogens is 1. The Morgan fingerprint density at radius 1 is 1.14 bits per heavy atom. The molecule has 1 aromatic carbocycles. The summed E-state index contributed by atoms with van der Waals surface area (Å²) < 4.78 is 0. The van der Waals surface area contributed by atoms with Crippen LogP contribution in [-0.2, 0) is 16.0 Å². The van der Waals surface area contributed by atoms with E-state index in [0.717, 1.165) is 10.7 Å². The van der Waals surface area contributed by atoms with E-state index < -0.39 is 0 Å². The van der Waals surface area contributed by atoms with Gasteiger partial charge >= 0.3 is 0 Å². The zero-order valence-electron chi connectivity index (χ0n) is 12.0. The number of nitrogens with one attached hydrogen (secondary N) is 2. The van der Waals surface area contributed by atoms with Crippen molar-refractivity contribution >= 4 is 34.5 Å². The van der Waals surface area contributed by atoms with Gasteiger partial charge in [0.05, 0.1) is 10.7 Å². The van der Waals surface area contributed by atoms with Crippen LogP contribution in [0.15, 0.2) is 29.6 Å². The van der Waals surface area contributed by atoms with E-state index >= 15 is 0 Å². The lowest BCUT2D eigenvalue weighted by atomic mass is 10.2. The highest BCUT2D eigenvalue weighted by molar-refractivity contribution is 7.09. The van der Waals surface area contributed by atoms with Crippen molar-refractivity contribution in [3.05, 3.63) is 40.3 Å². The molecule has 2 amide bonds. The Hall–Kier alpha value is -2.21. The molecule has 1 heterocycles. The molecule has 0 radical (unpaired) electrons. The first-order valence-electron chi connectivity index (χ1n) is 6.61. The van der Waals surface area contributed by atoms with Gasteiger partial charge in [0.25, 0.3) is 0 Å². The van der Waals surface area contributed by atoms with E-state index in [1.165, 1.54) is 6.92 Å². The predicted molar refractivity (Wildman–Crippen MR) is 84.5 cm³/mol. The minimum atomic E-state index is -0.120. The molecule has 0 aliphatic heterocycles. The molecule has 5 nitrogen and oxygen atoms in total. The topological polar surface area (TPSA) is 71.1 Å². The standard InChI is InChI=1S/C15H17N3O2S/c1-10(19)16-12-3-5-13(6-4-12)18-15(20)8-7-14-9-21-11(2)17-14/h3-6,9H,7-8H2,1-2H3,(H,16,19)(H,18,20). The summed E-state index contributed by atoms with van der Waals surface area (Å²) in [6.07, 6.45) is 1.04. The third kappa shape index (κ3) is 5.00. The number of carbonyl (C=O) groups is 2. The second-order valence-electron chi connectivity index (χ2n) is 4.66. The minimum absolute atomic E-state index is 0.0482. The number of carbonyl (C=O) groups excluding carboxylic acids is 2. The fraction of sp³-hybridized carbons (Fsp3) is 0.267. The van der Waals surface area contributed by atoms with Gasteiger partial charge in [-0.2, -0.15) is 0 Å². The summed E-state index contributed by atoms with van der Waals surface area (Å²) in [6.45, 7) is 3.40. The summed E-state index contributed by atoms with van der Waals surface area (Å²) in [5, 5.41) is 8.49. The minimum Gasteiger partial charge on any atom is -0.326 e. The highest BCUT2D eigenvalue weighted by Gasteiger charge is 2.05. The number of hydrogen-bond acceptors (Lipinski definition) is 4. The van der Waals surface area contributed by atoms with E-state index in [1.807, 2.05) is 12.3 Å². The Bertz CT molecular complexity index is 635. The monoisotopic (exact) mass is 303 g/mol. The molecule has 0 saturated heterocycles. The van der Waals surface area contributed by atoms with Gasteiger partial charge in [-0.15, -0.1) is 11.3 Å². The average Bonchev–Trinajstić information content (AvgIpc) is 2.84. The molecule has 2 rings (SSSR count). The van der Waals surface area contributed by atoms with Crippen molar-refractivity contribution in [1.29, 1.82) is 0 Å². The zero-order valence-corrected chi connectivity index (χ0v) is 12.8. The van der Waals surface area contributed by atoms with Crippen molar-refractivity contribution in [2.45, 2.75) is 26.7 Å². The molecule has 21 heavy (non-hydrogen) atoms. The molecule has 2 aromatic rings. The van der Waals surface area contributed by atoms with Crippen molar-refractivity contribution in [1.82, 2.24) is 4.98 Å². The van der Waals surface area contributed by atoms with Crippen LogP contribution in [0.4, 0.5) is 11.4 Å². The molecule has 0 bridgehead atoms. The van der Waals surface area contributed by atoms with E-state index in [-0.39, 0.29) is 11.8 Å². The number of benzene rings is 1. The molecule has 0 atom stereocenters. The number of nitrogens with zero attached hydrogens (tertiary/aromatic N) is 1. The van der Waals surface area contributed by atoms with Gasteiger partial charge in [-0.1, -0.05) is 0 Å². The number of thiazole rings is 1. The maximum Gasteiger partial charge on any atom is 0.224 e. The van der Waals surface area contributed by atoms with Crippen LogP contribution in [0, 0.1) is 6.92 Å². The molecule has 0 aliphatic carbocycles. The number of aryl methyl sites for hydroxylation is 2. The second-order valence-corrected chi connectivity index (χ2v) is 5.73. The van der Waals surface area contributed by atoms with E-state index in [0.29, 0.717) is 24.2 Å². The summed E-state index contributed by atoms with van der Waals surface area (Å²) in [5.74, 6) is -0.168. The van der Waals surface area contributed by atoms with Crippen LogP contribution >= 0.6 is 11.3 Å². The van der Waals surface area contributed by atoms with Gasteiger partial charge in [-0.05, 0) is 37.6 Å². The molecule has 0 unspecified atom stereocenters. The number of amides is 2. The Labute approximate surface area is 127 Å². The largest absolute Gasteiger partial charge is 0.326 e. The molecular formula is C15H17N3O2S. The Balaban J connectivity index is 1.83. The molecule has 1 aromatic heterocycles. The lowest BCUT2D eigenvalue weighted by Gasteiger charge is -2.06. The smallest absolute Gasteiger partial charge is 0.224 e. The maximum atomic E-state index is 11.9. The van der Waals surface area contributed by atoms with E-state index in [9.17, 15) is 9.59 Å². The predicted octanol–water partition coefficient (Wildman–Crippen LogP) is 2.98. The quantitative estimate of drug-likeness (QED) is 0.892. The number of rotatable bonds is 5. The first kappa shape index (κ1) is 15.2. The van der Waals surface area contributed by atoms with Gasteiger partial charge in [0.1, 0.15) is 0 Å². The van der Waals surface area contributed by atoms with E-state index in [1.54, 1.807) is 35.6 Å². The van der Waals surface area contributed by atoms with Gasteiger partial charge in [-0.3, -0.25) is 9.59 Å². The Morgan fingerprint density at radius 3 is 2.29 bits per heavy atom. The van der Waals surface area contributed by atoms with E-state index in [4.69, 9.17) is 0 Å². The molecular weight excluding hydrogens is 286 g/mol. The fourth-order valence-electron chi connectivity index (χ4n) is 1.83. The maximum absolute atomic E-state index is 11.9. The number of hydrogen-bond donors (Lipinski definition) is 2. The molecule has 0 aliphatic rings. The summed E-state index contributed by atoms with van der Waals surface area (Å²) in [7, 11) is 0. The third-order valence-corrected chi connectivity index (χ3v) is 3.59. The molecule has 0 saturated carbocycles. The summed E-state index contributed by atoms with van der Waals surface area (Å²) in [4.78, 5) is 27.1. The van der Waals surface area contributed by atoms with Gasteiger partial charge in [0, 0.05) is 30.1 Å². The van der Waals surface area contributed by atoms with Gasteiger partial charge in [-0.25, -0.2) is 4.98 Å². The molecule has 110 valence electrons. The van der Waals surface area contributed by atoms with Gasteiger partial charge in [0.15, 0.2) is 0 Å². The highest BCUT2D eigenvalue weighted by Crippen LogP contribution is 2.14. The summed E-state index contributed by atoms with van der Waals surface area (Å²) in [5.41, 5.74) is 2.37. The van der Waals surface area contributed by atoms with Crippen LogP contribution < -0.4 is 10.6 Å². The van der Waals surface area contributed by atoms with Crippen molar-refractivity contribution in [2.24, 2.45) is 0 Å². The first-order valence-corrected chi connectivity index (χ1v) is 7.49. The van der Waals surface area contributed by atoms with Crippen LogP contribution in [-0.4, -0.2) is 16.8 Å². The summed E-state index contributed by atoms with van der Waals surface area (Å²) in [6, 6.07) is 7.02. The normalized spacial score (nSPS) is 10.2. The van der Waals surface area contributed by atoms with Gasteiger partial charge in [0.2, 0.25) is 11.8 Å². The highest BCUT2D eigenvalue weighted by atomic mass is 32.1. The van der Waals surface area contributed by atoms with Crippen molar-refractivity contribution in [3.8, 4) is 0 Å². The molecule has 2 N–H and O–H groups in total. The average molecular weight is 303 g/mol. The van der Waals surface area contributed by atoms with Gasteiger partial charge < -0.3 is 10.6 Å². The van der Waals surface area contributed by atoms with Crippen LogP contribution in [0.25, 0.3) is 0 Å².